The number of carbonyl (C=O) groups excluding carboxylic acids is 1. The van der Waals surface area contributed by atoms with Crippen molar-refractivity contribution >= 4 is 5.91 Å². The van der Waals surface area contributed by atoms with Crippen LogP contribution in [0.15, 0.2) is 33.4 Å². The van der Waals surface area contributed by atoms with E-state index in [1.165, 1.54) is 6.26 Å². The lowest BCUT2D eigenvalue weighted by atomic mass is 9.98. The first-order chi connectivity index (χ1) is 10.7. The summed E-state index contributed by atoms with van der Waals surface area (Å²) in [5.41, 5.74) is 0.332. The SMILES string of the molecule is Cc1ccc(CN2CCCC(CNC(=O)c3ccon3)C2)o1. The van der Waals surface area contributed by atoms with Crippen molar-refractivity contribution in [2.24, 2.45) is 5.92 Å². The van der Waals surface area contributed by atoms with Gasteiger partial charge in [-0.05, 0) is 44.4 Å². The molecule has 2 aromatic heterocycles. The van der Waals surface area contributed by atoms with Crippen LogP contribution in [0.4, 0.5) is 0 Å². The molecule has 22 heavy (non-hydrogen) atoms. The Labute approximate surface area is 129 Å². The van der Waals surface area contributed by atoms with E-state index in [0.717, 1.165) is 44.0 Å². The number of likely N-dealkylation sites (tertiary alicyclic amines) is 1. The fraction of sp³-hybridized carbons (Fsp3) is 0.500. The van der Waals surface area contributed by atoms with Crippen molar-refractivity contribution < 1.29 is 13.7 Å². The minimum absolute atomic E-state index is 0.174. The first kappa shape index (κ1) is 14.8. The number of aryl methyl sites for hydroxylation is 1. The molecule has 118 valence electrons. The highest BCUT2D eigenvalue weighted by atomic mass is 16.5. The molecule has 0 aromatic carbocycles. The molecule has 3 rings (SSSR count). The second-order valence-corrected chi connectivity index (χ2v) is 5.85. The third-order valence-electron chi connectivity index (χ3n) is 4.00. The standard InChI is InChI=1S/C16H21N3O3/c1-12-4-5-14(22-12)11-19-7-2-3-13(10-19)9-17-16(20)15-6-8-21-18-15/h4-6,8,13H,2-3,7,9-11H2,1H3,(H,17,20). The first-order valence-electron chi connectivity index (χ1n) is 7.67. The number of rotatable bonds is 5. The van der Waals surface area contributed by atoms with Crippen LogP contribution in [0.2, 0.25) is 0 Å². The molecule has 1 aliphatic rings. The number of furan rings is 1. The van der Waals surface area contributed by atoms with Gasteiger partial charge in [-0.1, -0.05) is 5.16 Å². The molecule has 6 heteroatoms. The van der Waals surface area contributed by atoms with E-state index in [0.29, 0.717) is 18.2 Å². The quantitative estimate of drug-likeness (QED) is 0.917. The van der Waals surface area contributed by atoms with Crippen LogP contribution < -0.4 is 5.32 Å². The zero-order valence-corrected chi connectivity index (χ0v) is 12.7. The summed E-state index contributed by atoms with van der Waals surface area (Å²) in [7, 11) is 0. The number of nitrogens with one attached hydrogen (secondary N) is 1. The van der Waals surface area contributed by atoms with Gasteiger partial charge in [-0.3, -0.25) is 9.69 Å². The van der Waals surface area contributed by atoms with Gasteiger partial charge < -0.3 is 14.3 Å². The molecule has 0 spiro atoms. The van der Waals surface area contributed by atoms with Gasteiger partial charge >= 0.3 is 0 Å². The average Bonchev–Trinajstić information content (AvgIpc) is 3.17. The summed E-state index contributed by atoms with van der Waals surface area (Å²) in [6.45, 7) is 5.51. The second-order valence-electron chi connectivity index (χ2n) is 5.85. The van der Waals surface area contributed by atoms with E-state index in [4.69, 9.17) is 4.42 Å². The van der Waals surface area contributed by atoms with Crippen molar-refractivity contribution in [1.29, 1.82) is 0 Å². The minimum Gasteiger partial charge on any atom is -0.465 e. The van der Waals surface area contributed by atoms with Crippen LogP contribution in [0.3, 0.4) is 0 Å². The maximum atomic E-state index is 11.9. The van der Waals surface area contributed by atoms with E-state index in [2.05, 4.69) is 19.9 Å². The van der Waals surface area contributed by atoms with E-state index in [-0.39, 0.29) is 5.91 Å². The highest BCUT2D eigenvalue weighted by Gasteiger charge is 2.21. The van der Waals surface area contributed by atoms with Gasteiger partial charge in [-0.25, -0.2) is 0 Å². The van der Waals surface area contributed by atoms with Crippen LogP contribution in [0.1, 0.15) is 34.9 Å². The summed E-state index contributed by atoms with van der Waals surface area (Å²) in [5.74, 6) is 2.24. The molecule has 3 heterocycles. The van der Waals surface area contributed by atoms with Crippen LogP contribution in [0.25, 0.3) is 0 Å². The highest BCUT2D eigenvalue weighted by molar-refractivity contribution is 5.91. The molecule has 0 bridgehead atoms. The van der Waals surface area contributed by atoms with Crippen molar-refractivity contribution in [1.82, 2.24) is 15.4 Å². The van der Waals surface area contributed by atoms with Crippen molar-refractivity contribution in [3.63, 3.8) is 0 Å². The van der Waals surface area contributed by atoms with E-state index < -0.39 is 0 Å². The normalized spacial score (nSPS) is 19.2. The fourth-order valence-corrected chi connectivity index (χ4v) is 2.91. The lowest BCUT2D eigenvalue weighted by Gasteiger charge is -2.32. The van der Waals surface area contributed by atoms with Crippen molar-refractivity contribution in [3.05, 3.63) is 41.7 Å². The predicted octanol–water partition coefficient (Wildman–Crippen LogP) is 2.22. The van der Waals surface area contributed by atoms with Crippen LogP contribution in [0, 0.1) is 12.8 Å². The summed E-state index contributed by atoms with van der Waals surface area (Å²) >= 11 is 0. The average molecular weight is 303 g/mol. The second kappa shape index (κ2) is 6.79. The number of hydrogen-bond acceptors (Lipinski definition) is 5. The third kappa shape index (κ3) is 3.76. The molecule has 1 fully saturated rings. The van der Waals surface area contributed by atoms with E-state index >= 15 is 0 Å². The molecule has 1 amide bonds. The lowest BCUT2D eigenvalue weighted by molar-refractivity contribution is 0.0919. The van der Waals surface area contributed by atoms with Gasteiger partial charge in [-0.15, -0.1) is 0 Å². The number of carbonyl (C=O) groups is 1. The van der Waals surface area contributed by atoms with E-state index in [1.807, 2.05) is 19.1 Å². The molecule has 1 aliphatic heterocycles. The number of aromatic nitrogens is 1. The maximum absolute atomic E-state index is 11.9. The van der Waals surface area contributed by atoms with E-state index in [9.17, 15) is 4.79 Å². The number of amides is 1. The molecule has 1 atom stereocenters. The molecule has 1 unspecified atom stereocenters. The molecule has 0 aliphatic carbocycles. The molecular formula is C16H21N3O3. The Morgan fingerprint density at radius 2 is 2.36 bits per heavy atom. The van der Waals surface area contributed by atoms with Gasteiger partial charge in [-0.2, -0.15) is 0 Å². The fourth-order valence-electron chi connectivity index (χ4n) is 2.91. The summed E-state index contributed by atoms with van der Waals surface area (Å²) < 4.78 is 10.3. The Hall–Kier alpha value is -2.08. The maximum Gasteiger partial charge on any atom is 0.273 e. The monoisotopic (exact) mass is 303 g/mol. The highest BCUT2D eigenvalue weighted by Crippen LogP contribution is 2.19. The Morgan fingerprint density at radius 3 is 3.09 bits per heavy atom. The Kier molecular flexibility index (Phi) is 4.58. The smallest absolute Gasteiger partial charge is 0.273 e. The van der Waals surface area contributed by atoms with Gasteiger partial charge in [0.2, 0.25) is 0 Å². The van der Waals surface area contributed by atoms with Gasteiger partial charge in [0.1, 0.15) is 17.8 Å². The van der Waals surface area contributed by atoms with Gasteiger partial charge in [0.05, 0.1) is 6.54 Å². The van der Waals surface area contributed by atoms with Crippen LogP contribution in [0.5, 0.6) is 0 Å². The first-order valence-corrected chi connectivity index (χ1v) is 7.67. The van der Waals surface area contributed by atoms with Gasteiger partial charge in [0.25, 0.3) is 5.91 Å². The van der Waals surface area contributed by atoms with Crippen LogP contribution in [-0.4, -0.2) is 35.6 Å². The number of hydrogen-bond donors (Lipinski definition) is 1. The number of nitrogens with zero attached hydrogens (tertiary/aromatic N) is 2. The number of piperidine rings is 1. The molecule has 6 nitrogen and oxygen atoms in total. The zero-order valence-electron chi connectivity index (χ0n) is 12.7. The molecule has 1 saturated heterocycles. The summed E-state index contributed by atoms with van der Waals surface area (Å²) in [6.07, 6.45) is 3.68. The lowest BCUT2D eigenvalue weighted by Crippen LogP contribution is -2.40. The Balaban J connectivity index is 1.47. The molecule has 0 radical (unpaired) electrons. The van der Waals surface area contributed by atoms with Crippen LogP contribution in [-0.2, 0) is 6.54 Å². The molecular weight excluding hydrogens is 282 g/mol. The Bertz CT molecular complexity index is 606. The van der Waals surface area contributed by atoms with Gasteiger partial charge in [0, 0.05) is 19.2 Å². The Morgan fingerprint density at radius 1 is 1.45 bits per heavy atom. The van der Waals surface area contributed by atoms with Crippen molar-refractivity contribution in [2.75, 3.05) is 19.6 Å². The summed E-state index contributed by atoms with van der Waals surface area (Å²) in [4.78, 5) is 14.2. The molecule has 0 saturated carbocycles. The largest absolute Gasteiger partial charge is 0.465 e. The molecule has 1 N–H and O–H groups in total. The topological polar surface area (TPSA) is 71.5 Å². The van der Waals surface area contributed by atoms with Gasteiger partial charge in [0.15, 0.2) is 5.69 Å². The van der Waals surface area contributed by atoms with Crippen LogP contribution >= 0.6 is 0 Å². The van der Waals surface area contributed by atoms with Crippen molar-refractivity contribution in [3.8, 4) is 0 Å². The third-order valence-corrected chi connectivity index (χ3v) is 4.00. The van der Waals surface area contributed by atoms with E-state index in [1.54, 1.807) is 6.07 Å². The molecule has 2 aromatic rings. The predicted molar refractivity (Wildman–Crippen MR) is 80.3 cm³/mol. The summed E-state index contributed by atoms with van der Waals surface area (Å²) in [6, 6.07) is 5.60. The zero-order chi connectivity index (χ0) is 15.4. The summed E-state index contributed by atoms with van der Waals surface area (Å²) in [5, 5.41) is 6.57. The minimum atomic E-state index is -0.174. The van der Waals surface area contributed by atoms with Crippen molar-refractivity contribution in [2.45, 2.75) is 26.3 Å².